The summed E-state index contributed by atoms with van der Waals surface area (Å²) in [6.45, 7) is 0. The van der Waals surface area contributed by atoms with E-state index in [2.05, 4.69) is 12.1 Å². The van der Waals surface area contributed by atoms with Crippen LogP contribution >= 0.6 is 0 Å². The molecule has 0 nitrogen and oxygen atoms in total. The van der Waals surface area contributed by atoms with Gasteiger partial charge in [-0.25, -0.2) is 4.39 Å². The number of rotatable bonds is 0. The maximum atomic E-state index is 13.9. The van der Waals surface area contributed by atoms with E-state index in [0.29, 0.717) is 12.0 Å². The maximum Gasteiger partial charge on any atom is 0.127 e. The molecule has 2 aromatic carbocycles. The van der Waals surface area contributed by atoms with Gasteiger partial charge >= 0.3 is 0 Å². The fourth-order valence-electron chi connectivity index (χ4n) is 2.20. The molecule has 3 rings (SSSR count). The first-order valence-corrected chi connectivity index (χ1v) is 5.39. The number of hydrogen-bond acceptors (Lipinski definition) is 0. The van der Waals surface area contributed by atoms with Gasteiger partial charge in [0.1, 0.15) is 5.83 Å². The Kier molecular flexibility index (Phi) is 2.10. The molecule has 0 unspecified atom stereocenters. The van der Waals surface area contributed by atoms with E-state index in [1.54, 1.807) is 6.08 Å². The van der Waals surface area contributed by atoms with Gasteiger partial charge in [0, 0.05) is 5.56 Å². The molecule has 0 saturated carbocycles. The van der Waals surface area contributed by atoms with Gasteiger partial charge in [0.2, 0.25) is 0 Å². The van der Waals surface area contributed by atoms with Gasteiger partial charge in [0.15, 0.2) is 0 Å². The molecule has 78 valence electrons. The van der Waals surface area contributed by atoms with Gasteiger partial charge < -0.3 is 0 Å². The van der Waals surface area contributed by atoms with Gasteiger partial charge in [-0.05, 0) is 29.2 Å². The van der Waals surface area contributed by atoms with Crippen molar-refractivity contribution in [2.45, 2.75) is 6.42 Å². The monoisotopic (exact) mass is 210 g/mol. The summed E-state index contributed by atoms with van der Waals surface area (Å²) in [5.41, 5.74) is 4.02. The van der Waals surface area contributed by atoms with Crippen molar-refractivity contribution in [2.75, 3.05) is 0 Å². The average Bonchev–Trinajstić information content (AvgIpc) is 2.49. The molecule has 0 fully saturated rings. The zero-order valence-corrected chi connectivity index (χ0v) is 8.78. The normalized spacial score (nSPS) is 13.4. The Morgan fingerprint density at radius 3 is 2.19 bits per heavy atom. The van der Waals surface area contributed by atoms with Gasteiger partial charge in [0.25, 0.3) is 0 Å². The minimum Gasteiger partial charge on any atom is -0.207 e. The Morgan fingerprint density at radius 2 is 1.38 bits per heavy atom. The molecular formula is C15H11F. The predicted molar refractivity (Wildman–Crippen MR) is 64.7 cm³/mol. The summed E-state index contributed by atoms with van der Waals surface area (Å²) in [6.07, 6.45) is 2.32. The largest absolute Gasteiger partial charge is 0.207 e. The van der Waals surface area contributed by atoms with Crippen molar-refractivity contribution in [3.05, 3.63) is 65.7 Å². The number of hydrogen-bond donors (Lipinski definition) is 0. The molecule has 1 aliphatic carbocycles. The summed E-state index contributed by atoms with van der Waals surface area (Å²) in [4.78, 5) is 0. The average molecular weight is 210 g/mol. The summed E-state index contributed by atoms with van der Waals surface area (Å²) in [5, 5.41) is 0. The highest BCUT2D eigenvalue weighted by atomic mass is 19.1. The van der Waals surface area contributed by atoms with Crippen LogP contribution in [-0.4, -0.2) is 0 Å². The maximum absolute atomic E-state index is 13.9. The predicted octanol–water partition coefficient (Wildman–Crippen LogP) is 4.22. The summed E-state index contributed by atoms with van der Waals surface area (Å²) in [6, 6.07) is 15.8. The molecule has 0 radical (unpaired) electrons. The van der Waals surface area contributed by atoms with Crippen LogP contribution in [0.1, 0.15) is 11.1 Å². The molecule has 1 aliphatic rings. The van der Waals surface area contributed by atoms with Crippen LogP contribution in [0.25, 0.3) is 17.0 Å². The fraction of sp³-hybridized carbons (Fsp3) is 0.0667. The Morgan fingerprint density at radius 1 is 0.750 bits per heavy atom. The number of allylic oxidation sites excluding steroid dienone is 1. The van der Waals surface area contributed by atoms with Crippen molar-refractivity contribution in [1.82, 2.24) is 0 Å². The quantitative estimate of drug-likeness (QED) is 0.610. The Balaban J connectivity index is 2.35. The lowest BCUT2D eigenvalue weighted by molar-refractivity contribution is 0.757. The van der Waals surface area contributed by atoms with E-state index in [9.17, 15) is 4.39 Å². The molecule has 0 bridgehead atoms. The van der Waals surface area contributed by atoms with Gasteiger partial charge in [-0.15, -0.1) is 0 Å². The highest BCUT2D eigenvalue weighted by Gasteiger charge is 2.14. The van der Waals surface area contributed by atoms with Crippen LogP contribution in [0.15, 0.2) is 54.6 Å². The van der Waals surface area contributed by atoms with Gasteiger partial charge in [-0.1, -0.05) is 48.5 Å². The molecule has 0 heterocycles. The van der Waals surface area contributed by atoms with Gasteiger partial charge in [0.05, 0.1) is 0 Å². The molecule has 2 aromatic rings. The first kappa shape index (κ1) is 9.34. The molecule has 0 amide bonds. The van der Waals surface area contributed by atoms with E-state index in [4.69, 9.17) is 0 Å². The van der Waals surface area contributed by atoms with Crippen LogP contribution < -0.4 is 0 Å². The lowest BCUT2D eigenvalue weighted by Gasteiger charge is -2.08. The van der Waals surface area contributed by atoms with E-state index >= 15 is 0 Å². The van der Waals surface area contributed by atoms with Crippen molar-refractivity contribution in [3.8, 4) is 11.1 Å². The van der Waals surface area contributed by atoms with Gasteiger partial charge in [-0.3, -0.25) is 0 Å². The fourth-order valence-corrected chi connectivity index (χ4v) is 2.20. The van der Waals surface area contributed by atoms with Gasteiger partial charge in [-0.2, -0.15) is 0 Å². The van der Waals surface area contributed by atoms with Crippen LogP contribution in [0.5, 0.6) is 0 Å². The molecule has 0 spiro atoms. The second kappa shape index (κ2) is 3.60. The van der Waals surface area contributed by atoms with Crippen molar-refractivity contribution < 1.29 is 4.39 Å². The number of fused-ring (bicyclic) bond motifs is 3. The highest BCUT2D eigenvalue weighted by Crippen LogP contribution is 2.35. The van der Waals surface area contributed by atoms with E-state index < -0.39 is 0 Å². The second-order valence-electron chi connectivity index (χ2n) is 3.96. The summed E-state index contributed by atoms with van der Waals surface area (Å²) < 4.78 is 13.9. The van der Waals surface area contributed by atoms with Crippen molar-refractivity contribution in [1.29, 1.82) is 0 Å². The molecule has 0 aromatic heterocycles. The van der Waals surface area contributed by atoms with E-state index in [0.717, 1.165) is 11.1 Å². The Bertz CT molecular complexity index is 567. The Hall–Kier alpha value is -1.89. The molecule has 0 N–H and O–H groups in total. The number of halogens is 1. The zero-order valence-electron chi connectivity index (χ0n) is 8.78. The minimum atomic E-state index is -0.119. The standard InChI is InChI=1S/C15H11F/c16-15-10-9-11-5-1-2-6-12(11)13-7-3-4-8-14(13)15/h1-8,10H,9H2. The zero-order chi connectivity index (χ0) is 11.0. The van der Waals surface area contributed by atoms with Crippen LogP contribution in [-0.2, 0) is 6.42 Å². The van der Waals surface area contributed by atoms with Crippen LogP contribution in [0.4, 0.5) is 4.39 Å². The Labute approximate surface area is 94.1 Å². The molecule has 16 heavy (non-hydrogen) atoms. The first-order chi connectivity index (χ1) is 7.86. The molecular weight excluding hydrogens is 199 g/mol. The molecule has 0 saturated heterocycles. The van der Waals surface area contributed by atoms with Crippen molar-refractivity contribution in [2.24, 2.45) is 0 Å². The highest BCUT2D eigenvalue weighted by molar-refractivity contribution is 5.82. The van der Waals surface area contributed by atoms with E-state index in [-0.39, 0.29) is 5.83 Å². The van der Waals surface area contributed by atoms with Crippen molar-refractivity contribution in [3.63, 3.8) is 0 Å². The summed E-state index contributed by atoms with van der Waals surface area (Å²) in [5.74, 6) is -0.119. The van der Waals surface area contributed by atoms with E-state index in [1.807, 2.05) is 36.4 Å². The van der Waals surface area contributed by atoms with E-state index in [1.165, 1.54) is 5.56 Å². The molecule has 0 atom stereocenters. The lowest BCUT2D eigenvalue weighted by atomic mass is 9.96. The SMILES string of the molecule is FC1=CCc2ccccc2-c2ccccc21. The van der Waals surface area contributed by atoms with Crippen LogP contribution in [0.2, 0.25) is 0 Å². The van der Waals surface area contributed by atoms with Crippen LogP contribution in [0, 0.1) is 0 Å². The van der Waals surface area contributed by atoms with Crippen LogP contribution in [0.3, 0.4) is 0 Å². The summed E-state index contributed by atoms with van der Waals surface area (Å²) >= 11 is 0. The third-order valence-electron chi connectivity index (χ3n) is 2.99. The second-order valence-corrected chi connectivity index (χ2v) is 3.96. The number of benzene rings is 2. The van der Waals surface area contributed by atoms with Crippen molar-refractivity contribution >= 4 is 5.83 Å². The minimum absolute atomic E-state index is 0.119. The third kappa shape index (κ3) is 1.36. The molecule has 1 heteroatoms. The first-order valence-electron chi connectivity index (χ1n) is 5.39. The topological polar surface area (TPSA) is 0 Å². The third-order valence-corrected chi connectivity index (χ3v) is 2.99. The lowest BCUT2D eigenvalue weighted by Crippen LogP contribution is -1.87. The summed E-state index contributed by atoms with van der Waals surface area (Å²) in [7, 11) is 0. The molecule has 0 aliphatic heterocycles. The smallest absolute Gasteiger partial charge is 0.127 e.